The number of hydrogen-bond acceptors (Lipinski definition) is 4. The van der Waals surface area contributed by atoms with Crippen molar-refractivity contribution in [1.29, 1.82) is 0 Å². The zero-order valence-corrected chi connectivity index (χ0v) is 12.4. The first-order valence-electron chi connectivity index (χ1n) is 7.27. The van der Waals surface area contributed by atoms with E-state index in [4.69, 9.17) is 10.5 Å². The molecule has 0 aromatic heterocycles. The van der Waals surface area contributed by atoms with Crippen LogP contribution in [0.4, 0.5) is 11.4 Å². The smallest absolute Gasteiger partial charge is 0.153 e. The third kappa shape index (κ3) is 3.14. The molecule has 1 aliphatic heterocycles. The predicted octanol–water partition coefficient (Wildman–Crippen LogP) is 2.81. The van der Waals surface area contributed by atoms with Crippen LogP contribution in [0.3, 0.4) is 0 Å². The molecule has 0 amide bonds. The lowest BCUT2D eigenvalue weighted by Gasteiger charge is -2.26. The third-order valence-corrected chi connectivity index (χ3v) is 3.58. The quantitative estimate of drug-likeness (QED) is 0.761. The lowest BCUT2D eigenvalue weighted by Crippen LogP contribution is -2.35. The van der Waals surface area contributed by atoms with Gasteiger partial charge in [0, 0.05) is 18.3 Å². The van der Waals surface area contributed by atoms with Gasteiger partial charge in [-0.25, -0.2) is 0 Å². The van der Waals surface area contributed by atoms with E-state index >= 15 is 0 Å². The second kappa shape index (κ2) is 5.97. The Kier molecular flexibility index (Phi) is 3.87. The van der Waals surface area contributed by atoms with E-state index in [0.717, 1.165) is 29.3 Å². The molecule has 2 aromatic rings. The van der Waals surface area contributed by atoms with Crippen molar-refractivity contribution in [2.24, 2.45) is 4.99 Å². The summed E-state index contributed by atoms with van der Waals surface area (Å²) in [5, 5.41) is 12.6. The molecule has 0 radical (unpaired) electrons. The van der Waals surface area contributed by atoms with Crippen LogP contribution in [0.25, 0.3) is 0 Å². The van der Waals surface area contributed by atoms with Gasteiger partial charge in [-0.15, -0.1) is 0 Å². The van der Waals surface area contributed by atoms with Gasteiger partial charge in [-0.05, 0) is 43.2 Å². The zero-order valence-electron chi connectivity index (χ0n) is 12.4. The van der Waals surface area contributed by atoms with E-state index in [2.05, 4.69) is 10.3 Å². The number of phenols is 1. The van der Waals surface area contributed by atoms with Gasteiger partial charge >= 0.3 is 0 Å². The average molecular weight is 297 g/mol. The van der Waals surface area contributed by atoms with Crippen molar-refractivity contribution in [3.63, 3.8) is 0 Å². The minimum atomic E-state index is -0.130. The van der Waals surface area contributed by atoms with E-state index in [0.29, 0.717) is 12.2 Å². The van der Waals surface area contributed by atoms with E-state index < -0.39 is 0 Å². The van der Waals surface area contributed by atoms with E-state index in [9.17, 15) is 5.11 Å². The Balaban J connectivity index is 1.67. The summed E-state index contributed by atoms with van der Waals surface area (Å²) in [4.78, 5) is 4.59. The number of hydrogen-bond donors (Lipinski definition) is 3. The summed E-state index contributed by atoms with van der Waals surface area (Å²) in [6.45, 7) is 2.61. The number of nitrogens with zero attached hydrogens (tertiary/aromatic N) is 1. The summed E-state index contributed by atoms with van der Waals surface area (Å²) < 4.78 is 5.84. The van der Waals surface area contributed by atoms with Gasteiger partial charge in [0.15, 0.2) is 6.10 Å². The molecule has 1 atom stereocenters. The first-order valence-corrected chi connectivity index (χ1v) is 7.27. The topological polar surface area (TPSA) is 79.9 Å². The van der Waals surface area contributed by atoms with Crippen LogP contribution in [0.15, 0.2) is 47.5 Å². The van der Waals surface area contributed by atoms with E-state index in [1.807, 2.05) is 37.3 Å². The van der Waals surface area contributed by atoms with Crippen LogP contribution in [-0.2, 0) is 6.42 Å². The predicted molar refractivity (Wildman–Crippen MR) is 88.7 cm³/mol. The summed E-state index contributed by atoms with van der Waals surface area (Å²) in [5.41, 5.74) is 8.47. The fourth-order valence-corrected chi connectivity index (χ4v) is 2.36. The number of nitrogens with one attached hydrogen (secondary N) is 1. The Labute approximate surface area is 129 Å². The van der Waals surface area contributed by atoms with Gasteiger partial charge in [-0.3, -0.25) is 4.99 Å². The highest BCUT2D eigenvalue weighted by atomic mass is 16.5. The Hall–Kier alpha value is -2.69. The number of aliphatic imine (C=N–C) groups is 1. The van der Waals surface area contributed by atoms with Gasteiger partial charge in [0.25, 0.3) is 0 Å². The fourth-order valence-electron chi connectivity index (χ4n) is 2.36. The number of anilines is 2. The molecule has 1 aliphatic rings. The molecule has 22 heavy (non-hydrogen) atoms. The van der Waals surface area contributed by atoms with Crippen LogP contribution in [0, 0.1) is 0 Å². The molecule has 2 aromatic carbocycles. The number of amidine groups is 1. The molecule has 114 valence electrons. The second-order valence-corrected chi connectivity index (χ2v) is 5.32. The zero-order chi connectivity index (χ0) is 15.5. The van der Waals surface area contributed by atoms with Crippen LogP contribution >= 0.6 is 0 Å². The highest BCUT2D eigenvalue weighted by Gasteiger charge is 2.21. The van der Waals surface area contributed by atoms with Crippen LogP contribution in [-0.4, -0.2) is 23.6 Å². The lowest BCUT2D eigenvalue weighted by molar-refractivity contribution is 0.282. The van der Waals surface area contributed by atoms with E-state index in [-0.39, 0.29) is 11.9 Å². The maximum absolute atomic E-state index is 9.27. The standard InChI is InChI=1S/C17H19N3O2/c1-11-17(19-9-8-12-2-5-14(21)6-3-12)20-15-7-4-13(18)10-16(15)22-11/h2-7,10-11,21H,8-9,18H2,1H3,(H,19,20). The molecule has 0 spiro atoms. The minimum absolute atomic E-state index is 0.130. The Bertz CT molecular complexity index is 696. The number of aromatic hydroxyl groups is 1. The number of benzene rings is 2. The number of fused-ring (bicyclic) bond motifs is 1. The van der Waals surface area contributed by atoms with Crippen molar-refractivity contribution in [3.8, 4) is 11.5 Å². The Morgan fingerprint density at radius 2 is 2.00 bits per heavy atom. The van der Waals surface area contributed by atoms with Crippen molar-refractivity contribution < 1.29 is 9.84 Å². The minimum Gasteiger partial charge on any atom is -0.508 e. The number of phenolic OH excluding ortho intramolecular Hbond substituents is 1. The molecule has 5 nitrogen and oxygen atoms in total. The van der Waals surface area contributed by atoms with Crippen LogP contribution in [0.5, 0.6) is 11.5 Å². The highest BCUT2D eigenvalue weighted by molar-refractivity contribution is 6.01. The van der Waals surface area contributed by atoms with Crippen LogP contribution in [0.1, 0.15) is 12.5 Å². The molecule has 3 rings (SSSR count). The first kappa shape index (κ1) is 14.3. The Morgan fingerprint density at radius 1 is 1.23 bits per heavy atom. The average Bonchev–Trinajstić information content (AvgIpc) is 2.50. The normalized spacial score (nSPS) is 18.4. The first-order chi connectivity index (χ1) is 10.6. The Morgan fingerprint density at radius 3 is 2.77 bits per heavy atom. The van der Waals surface area contributed by atoms with E-state index in [1.54, 1.807) is 12.1 Å². The summed E-state index contributed by atoms with van der Waals surface area (Å²) >= 11 is 0. The summed E-state index contributed by atoms with van der Waals surface area (Å²) in [5.74, 6) is 1.85. The van der Waals surface area contributed by atoms with Gasteiger partial charge in [-0.2, -0.15) is 0 Å². The summed E-state index contributed by atoms with van der Waals surface area (Å²) in [6, 6.07) is 12.7. The molecule has 1 heterocycles. The van der Waals surface area contributed by atoms with Gasteiger partial charge in [-0.1, -0.05) is 12.1 Å². The molecular weight excluding hydrogens is 278 g/mol. The van der Waals surface area contributed by atoms with Crippen LogP contribution < -0.4 is 15.8 Å². The molecule has 0 aliphatic carbocycles. The number of nitrogens with two attached hydrogens (primary N) is 1. The van der Waals surface area contributed by atoms with Crippen molar-refractivity contribution in [1.82, 2.24) is 0 Å². The van der Waals surface area contributed by atoms with Gasteiger partial charge in [0.1, 0.15) is 17.3 Å². The highest BCUT2D eigenvalue weighted by Crippen LogP contribution is 2.31. The van der Waals surface area contributed by atoms with E-state index in [1.165, 1.54) is 0 Å². The number of nitrogen functional groups attached to an aromatic ring is 1. The summed E-state index contributed by atoms with van der Waals surface area (Å²) in [6.07, 6.45) is 0.682. The third-order valence-electron chi connectivity index (χ3n) is 3.58. The molecule has 0 bridgehead atoms. The SMILES string of the molecule is CC1Oc2cc(N)ccc2NC1=NCCc1ccc(O)cc1. The molecule has 0 fully saturated rings. The second-order valence-electron chi connectivity index (χ2n) is 5.32. The van der Waals surface area contributed by atoms with Crippen molar-refractivity contribution >= 4 is 17.2 Å². The maximum atomic E-state index is 9.27. The lowest BCUT2D eigenvalue weighted by atomic mass is 10.1. The van der Waals surface area contributed by atoms with Gasteiger partial charge in [0.05, 0.1) is 5.69 Å². The largest absolute Gasteiger partial charge is 0.508 e. The number of rotatable bonds is 3. The van der Waals surface area contributed by atoms with Gasteiger partial charge < -0.3 is 20.9 Å². The number of ether oxygens (including phenoxy) is 1. The van der Waals surface area contributed by atoms with Crippen molar-refractivity contribution in [3.05, 3.63) is 48.0 Å². The van der Waals surface area contributed by atoms with Gasteiger partial charge in [0.2, 0.25) is 0 Å². The molecule has 0 saturated carbocycles. The monoisotopic (exact) mass is 297 g/mol. The maximum Gasteiger partial charge on any atom is 0.153 e. The van der Waals surface area contributed by atoms with Crippen LogP contribution in [0.2, 0.25) is 0 Å². The molecule has 0 saturated heterocycles. The molecule has 1 unspecified atom stereocenters. The van der Waals surface area contributed by atoms with Crippen molar-refractivity contribution in [2.75, 3.05) is 17.6 Å². The molecule has 5 heteroatoms. The molecular formula is C17H19N3O2. The fraction of sp³-hybridized carbons (Fsp3) is 0.235. The summed E-state index contributed by atoms with van der Waals surface area (Å²) in [7, 11) is 0. The van der Waals surface area contributed by atoms with Crippen molar-refractivity contribution in [2.45, 2.75) is 19.4 Å². The molecule has 4 N–H and O–H groups in total.